The summed E-state index contributed by atoms with van der Waals surface area (Å²) < 4.78 is 5.60. The standard InChI is InChI=1S/C13H15NOS/c1-3-15-12-7-5-4-6-10(12)11-8-9(2)16-13(11)14/h4-8H,3,14H2,1-2H3. The fourth-order valence-electron chi connectivity index (χ4n) is 1.71. The highest BCUT2D eigenvalue weighted by molar-refractivity contribution is 7.16. The van der Waals surface area contributed by atoms with Crippen LogP contribution >= 0.6 is 11.3 Å². The molecule has 0 aliphatic rings. The highest BCUT2D eigenvalue weighted by Gasteiger charge is 2.10. The van der Waals surface area contributed by atoms with Gasteiger partial charge in [0.2, 0.25) is 0 Å². The molecule has 0 fully saturated rings. The maximum absolute atomic E-state index is 6.00. The van der Waals surface area contributed by atoms with Crippen molar-refractivity contribution in [1.82, 2.24) is 0 Å². The van der Waals surface area contributed by atoms with Crippen molar-refractivity contribution < 1.29 is 4.74 Å². The molecular formula is C13H15NOS. The second kappa shape index (κ2) is 4.58. The van der Waals surface area contributed by atoms with E-state index >= 15 is 0 Å². The lowest BCUT2D eigenvalue weighted by molar-refractivity contribution is 0.341. The van der Waals surface area contributed by atoms with Gasteiger partial charge in [0.1, 0.15) is 5.75 Å². The Morgan fingerprint density at radius 3 is 2.62 bits per heavy atom. The largest absolute Gasteiger partial charge is 0.493 e. The smallest absolute Gasteiger partial charge is 0.127 e. The summed E-state index contributed by atoms with van der Waals surface area (Å²) in [5.41, 5.74) is 8.15. The molecule has 0 amide bonds. The maximum atomic E-state index is 6.00. The van der Waals surface area contributed by atoms with Crippen molar-refractivity contribution in [2.75, 3.05) is 12.3 Å². The fourth-order valence-corrected chi connectivity index (χ4v) is 2.52. The van der Waals surface area contributed by atoms with E-state index in [4.69, 9.17) is 10.5 Å². The minimum atomic E-state index is 0.667. The molecule has 1 aromatic carbocycles. The number of thiophene rings is 1. The summed E-state index contributed by atoms with van der Waals surface area (Å²) >= 11 is 1.61. The maximum Gasteiger partial charge on any atom is 0.127 e. The fraction of sp³-hybridized carbons (Fsp3) is 0.231. The number of anilines is 1. The summed E-state index contributed by atoms with van der Waals surface area (Å²) in [6.45, 7) is 4.72. The first-order valence-corrected chi connectivity index (χ1v) is 6.12. The van der Waals surface area contributed by atoms with Gasteiger partial charge in [0, 0.05) is 16.0 Å². The third kappa shape index (κ3) is 2.04. The second-order valence-corrected chi connectivity index (χ2v) is 4.85. The minimum Gasteiger partial charge on any atom is -0.493 e. The highest BCUT2D eigenvalue weighted by Crippen LogP contribution is 2.38. The summed E-state index contributed by atoms with van der Waals surface area (Å²) in [5, 5.41) is 0.852. The molecule has 0 bridgehead atoms. The predicted octanol–water partition coefficient (Wildman–Crippen LogP) is 3.70. The SMILES string of the molecule is CCOc1ccccc1-c1cc(C)sc1N. The average molecular weight is 233 g/mol. The van der Waals surface area contributed by atoms with Crippen molar-refractivity contribution in [1.29, 1.82) is 0 Å². The van der Waals surface area contributed by atoms with Crippen LogP contribution in [0.2, 0.25) is 0 Å². The highest BCUT2D eigenvalue weighted by atomic mass is 32.1. The van der Waals surface area contributed by atoms with E-state index in [2.05, 4.69) is 13.0 Å². The van der Waals surface area contributed by atoms with Gasteiger partial charge in [-0.2, -0.15) is 0 Å². The predicted molar refractivity (Wildman–Crippen MR) is 70.1 cm³/mol. The molecule has 2 N–H and O–H groups in total. The van der Waals surface area contributed by atoms with Gasteiger partial charge in [-0.1, -0.05) is 18.2 Å². The number of nitrogens with two attached hydrogens (primary N) is 1. The Hall–Kier alpha value is -1.48. The van der Waals surface area contributed by atoms with Gasteiger partial charge in [-0.15, -0.1) is 11.3 Å². The summed E-state index contributed by atoms with van der Waals surface area (Å²) in [6, 6.07) is 10.1. The van der Waals surface area contributed by atoms with Crippen molar-refractivity contribution in [3.63, 3.8) is 0 Å². The molecule has 0 saturated heterocycles. The van der Waals surface area contributed by atoms with E-state index < -0.39 is 0 Å². The van der Waals surface area contributed by atoms with E-state index in [1.807, 2.05) is 31.2 Å². The topological polar surface area (TPSA) is 35.2 Å². The Morgan fingerprint density at radius 1 is 1.25 bits per heavy atom. The van der Waals surface area contributed by atoms with Crippen LogP contribution in [0.5, 0.6) is 5.75 Å². The third-order valence-corrected chi connectivity index (χ3v) is 3.24. The number of benzene rings is 1. The molecule has 0 atom stereocenters. The number of hydrogen-bond donors (Lipinski definition) is 1. The van der Waals surface area contributed by atoms with Crippen LogP contribution in [0.4, 0.5) is 5.00 Å². The van der Waals surface area contributed by atoms with Crippen LogP contribution in [0.1, 0.15) is 11.8 Å². The van der Waals surface area contributed by atoms with Gasteiger partial charge < -0.3 is 10.5 Å². The monoisotopic (exact) mass is 233 g/mol. The normalized spacial score (nSPS) is 10.4. The lowest BCUT2D eigenvalue weighted by Gasteiger charge is -2.09. The Bertz CT molecular complexity index is 490. The summed E-state index contributed by atoms with van der Waals surface area (Å²) in [7, 11) is 0. The van der Waals surface area contributed by atoms with Gasteiger partial charge >= 0.3 is 0 Å². The van der Waals surface area contributed by atoms with Crippen molar-refractivity contribution >= 4 is 16.3 Å². The Balaban J connectivity index is 2.50. The van der Waals surface area contributed by atoms with Crippen LogP contribution in [-0.2, 0) is 0 Å². The molecule has 16 heavy (non-hydrogen) atoms. The number of hydrogen-bond acceptors (Lipinski definition) is 3. The molecule has 2 rings (SSSR count). The zero-order valence-corrected chi connectivity index (χ0v) is 10.3. The Labute approximate surface area is 99.7 Å². The number of rotatable bonds is 3. The number of ether oxygens (including phenoxy) is 1. The van der Waals surface area contributed by atoms with Crippen LogP contribution in [0, 0.1) is 6.92 Å². The Kier molecular flexibility index (Phi) is 3.15. The molecule has 0 radical (unpaired) electrons. The lowest BCUT2D eigenvalue weighted by Crippen LogP contribution is -1.94. The van der Waals surface area contributed by atoms with Crippen LogP contribution in [-0.4, -0.2) is 6.61 Å². The zero-order chi connectivity index (χ0) is 11.5. The van der Waals surface area contributed by atoms with Crippen molar-refractivity contribution in [3.05, 3.63) is 35.2 Å². The van der Waals surface area contributed by atoms with Crippen LogP contribution in [0.15, 0.2) is 30.3 Å². The van der Waals surface area contributed by atoms with Gasteiger partial charge in [-0.3, -0.25) is 0 Å². The van der Waals surface area contributed by atoms with E-state index in [0.29, 0.717) is 6.61 Å². The molecule has 0 spiro atoms. The van der Waals surface area contributed by atoms with Gasteiger partial charge in [-0.05, 0) is 26.0 Å². The molecule has 2 nitrogen and oxygen atoms in total. The molecule has 2 aromatic rings. The molecule has 3 heteroatoms. The molecule has 1 heterocycles. The number of para-hydroxylation sites is 1. The first-order chi connectivity index (χ1) is 7.72. The summed E-state index contributed by atoms with van der Waals surface area (Å²) in [4.78, 5) is 1.22. The van der Waals surface area contributed by atoms with Crippen LogP contribution in [0.3, 0.4) is 0 Å². The summed E-state index contributed by atoms with van der Waals surface area (Å²) in [6.07, 6.45) is 0. The molecule has 0 saturated carbocycles. The van der Waals surface area contributed by atoms with Crippen LogP contribution < -0.4 is 10.5 Å². The van der Waals surface area contributed by atoms with Crippen molar-refractivity contribution in [2.45, 2.75) is 13.8 Å². The number of aryl methyl sites for hydroxylation is 1. The van der Waals surface area contributed by atoms with Crippen LogP contribution in [0.25, 0.3) is 11.1 Å². The first kappa shape index (κ1) is 11.0. The van der Waals surface area contributed by atoms with E-state index in [9.17, 15) is 0 Å². The lowest BCUT2D eigenvalue weighted by atomic mass is 10.1. The average Bonchev–Trinajstić information content (AvgIpc) is 2.59. The van der Waals surface area contributed by atoms with Crippen molar-refractivity contribution in [2.24, 2.45) is 0 Å². The van der Waals surface area contributed by atoms with E-state index in [1.165, 1.54) is 4.88 Å². The van der Waals surface area contributed by atoms with Gasteiger partial charge in [0.05, 0.1) is 11.6 Å². The molecule has 0 unspecified atom stereocenters. The molecule has 0 aliphatic heterocycles. The van der Waals surface area contributed by atoms with Gasteiger partial charge in [0.25, 0.3) is 0 Å². The zero-order valence-electron chi connectivity index (χ0n) is 9.49. The first-order valence-electron chi connectivity index (χ1n) is 5.30. The van der Waals surface area contributed by atoms with Gasteiger partial charge in [-0.25, -0.2) is 0 Å². The molecular weight excluding hydrogens is 218 g/mol. The molecule has 1 aromatic heterocycles. The quantitative estimate of drug-likeness (QED) is 0.877. The van der Waals surface area contributed by atoms with E-state index in [-0.39, 0.29) is 0 Å². The van der Waals surface area contributed by atoms with E-state index in [0.717, 1.165) is 21.9 Å². The van der Waals surface area contributed by atoms with E-state index in [1.54, 1.807) is 11.3 Å². The van der Waals surface area contributed by atoms with Gasteiger partial charge in [0.15, 0.2) is 0 Å². The second-order valence-electron chi connectivity index (χ2n) is 3.56. The minimum absolute atomic E-state index is 0.667. The molecule has 84 valence electrons. The summed E-state index contributed by atoms with van der Waals surface area (Å²) in [5.74, 6) is 0.898. The molecule has 0 aliphatic carbocycles. The Morgan fingerprint density at radius 2 is 2.00 bits per heavy atom. The van der Waals surface area contributed by atoms with Crippen molar-refractivity contribution in [3.8, 4) is 16.9 Å². The third-order valence-electron chi connectivity index (χ3n) is 2.36. The number of nitrogen functional groups attached to an aromatic ring is 1.